The van der Waals surface area contributed by atoms with Crippen molar-refractivity contribution in [1.82, 2.24) is 5.32 Å². The first-order valence-electron chi connectivity index (χ1n) is 6.94. The first kappa shape index (κ1) is 14.5. The maximum atomic E-state index is 9.03. The zero-order valence-electron chi connectivity index (χ0n) is 11.4. The van der Waals surface area contributed by atoms with Gasteiger partial charge in [-0.05, 0) is 32.6 Å². The van der Waals surface area contributed by atoms with Crippen LogP contribution in [0.2, 0.25) is 0 Å². The van der Waals surface area contributed by atoms with Crippen LogP contribution in [0.3, 0.4) is 0 Å². The third kappa shape index (κ3) is 5.06. The third-order valence-corrected chi connectivity index (χ3v) is 3.53. The molecule has 3 unspecified atom stereocenters. The number of nitrogens with zero attached hydrogens (tertiary/aromatic N) is 1. The number of nitriles is 1. The van der Waals surface area contributed by atoms with Gasteiger partial charge in [0.25, 0.3) is 0 Å². The van der Waals surface area contributed by atoms with E-state index in [1.807, 2.05) is 0 Å². The fourth-order valence-electron chi connectivity index (χ4n) is 2.60. The molecule has 0 heterocycles. The van der Waals surface area contributed by atoms with E-state index in [4.69, 9.17) is 10.00 Å². The van der Waals surface area contributed by atoms with E-state index >= 15 is 0 Å². The Morgan fingerprint density at radius 3 is 2.65 bits per heavy atom. The van der Waals surface area contributed by atoms with E-state index < -0.39 is 0 Å². The van der Waals surface area contributed by atoms with E-state index in [1.165, 1.54) is 32.1 Å². The van der Waals surface area contributed by atoms with Crippen LogP contribution in [0.5, 0.6) is 0 Å². The Morgan fingerprint density at radius 1 is 1.35 bits per heavy atom. The molecule has 0 aromatic heterocycles. The van der Waals surface area contributed by atoms with Gasteiger partial charge in [0.05, 0.1) is 18.8 Å². The smallest absolute Gasteiger partial charge is 0.119 e. The quantitative estimate of drug-likeness (QED) is 0.774. The largest absolute Gasteiger partial charge is 0.375 e. The molecule has 0 aliphatic heterocycles. The lowest BCUT2D eigenvalue weighted by atomic mass is 9.85. The molecule has 98 valence electrons. The second-order valence-corrected chi connectivity index (χ2v) is 5.33. The van der Waals surface area contributed by atoms with E-state index in [0.717, 1.165) is 0 Å². The Balaban J connectivity index is 2.34. The minimum Gasteiger partial charge on any atom is -0.375 e. The number of rotatable bonds is 6. The maximum Gasteiger partial charge on any atom is 0.119 e. The fraction of sp³-hybridized carbons (Fsp3) is 0.929. The summed E-state index contributed by atoms with van der Waals surface area (Å²) in [5.74, 6) is 0.696. The van der Waals surface area contributed by atoms with Crippen LogP contribution in [0.25, 0.3) is 0 Å². The fourth-order valence-corrected chi connectivity index (χ4v) is 2.60. The van der Waals surface area contributed by atoms with Crippen LogP contribution < -0.4 is 5.32 Å². The van der Waals surface area contributed by atoms with Crippen molar-refractivity contribution >= 4 is 0 Å². The molecule has 0 aromatic rings. The van der Waals surface area contributed by atoms with E-state index in [0.29, 0.717) is 24.7 Å². The van der Waals surface area contributed by atoms with Gasteiger partial charge in [0, 0.05) is 6.04 Å². The van der Waals surface area contributed by atoms with Crippen molar-refractivity contribution in [1.29, 1.82) is 5.26 Å². The molecule has 0 radical (unpaired) electrons. The topological polar surface area (TPSA) is 45.0 Å². The van der Waals surface area contributed by atoms with Crippen molar-refractivity contribution in [3.8, 4) is 6.07 Å². The summed E-state index contributed by atoms with van der Waals surface area (Å²) in [7, 11) is 0. The number of ether oxygens (including phenoxy) is 1. The number of nitrogens with one attached hydrogen (secondary N) is 1. The summed E-state index contributed by atoms with van der Waals surface area (Å²) in [6.45, 7) is 6.87. The van der Waals surface area contributed by atoms with Gasteiger partial charge in [-0.3, -0.25) is 5.32 Å². The van der Waals surface area contributed by atoms with Crippen molar-refractivity contribution < 1.29 is 4.74 Å². The van der Waals surface area contributed by atoms with Gasteiger partial charge in [0.15, 0.2) is 0 Å². The van der Waals surface area contributed by atoms with Gasteiger partial charge in [-0.15, -0.1) is 0 Å². The molecule has 0 bridgehead atoms. The lowest BCUT2D eigenvalue weighted by molar-refractivity contribution is -0.0168. The standard InChI is InChI=1S/C14H26N2O/c1-4-12-7-5-6-8-14(12)17-10-13(9-15)16-11(2)3/h11-14,16H,4-8,10H2,1-3H3. The normalized spacial score (nSPS) is 26.8. The predicted octanol–water partition coefficient (Wildman–Crippen LogP) is 2.86. The van der Waals surface area contributed by atoms with Gasteiger partial charge in [-0.1, -0.05) is 26.2 Å². The molecule has 3 nitrogen and oxygen atoms in total. The van der Waals surface area contributed by atoms with Gasteiger partial charge in [-0.2, -0.15) is 5.26 Å². The van der Waals surface area contributed by atoms with Gasteiger partial charge >= 0.3 is 0 Å². The first-order chi connectivity index (χ1) is 8.17. The molecule has 1 aliphatic carbocycles. The molecule has 1 aliphatic rings. The predicted molar refractivity (Wildman–Crippen MR) is 69.7 cm³/mol. The highest BCUT2D eigenvalue weighted by atomic mass is 16.5. The molecule has 17 heavy (non-hydrogen) atoms. The molecular formula is C14H26N2O. The molecule has 1 fully saturated rings. The highest BCUT2D eigenvalue weighted by Crippen LogP contribution is 2.29. The van der Waals surface area contributed by atoms with E-state index in [2.05, 4.69) is 32.2 Å². The lowest BCUT2D eigenvalue weighted by Crippen LogP contribution is -2.39. The van der Waals surface area contributed by atoms with E-state index in [9.17, 15) is 0 Å². The summed E-state index contributed by atoms with van der Waals surface area (Å²) in [5, 5.41) is 12.3. The Morgan fingerprint density at radius 2 is 2.06 bits per heavy atom. The van der Waals surface area contributed by atoms with Gasteiger partial charge < -0.3 is 4.74 Å². The van der Waals surface area contributed by atoms with Crippen molar-refractivity contribution in [3.05, 3.63) is 0 Å². The van der Waals surface area contributed by atoms with Crippen LogP contribution in [0.4, 0.5) is 0 Å². The van der Waals surface area contributed by atoms with E-state index in [1.54, 1.807) is 0 Å². The molecule has 3 heteroatoms. The second-order valence-electron chi connectivity index (χ2n) is 5.33. The monoisotopic (exact) mass is 238 g/mol. The van der Waals surface area contributed by atoms with Crippen LogP contribution in [0, 0.1) is 17.2 Å². The molecule has 1 rings (SSSR count). The average molecular weight is 238 g/mol. The Kier molecular flexibility index (Phi) is 6.54. The van der Waals surface area contributed by atoms with Crippen molar-refractivity contribution in [2.24, 2.45) is 5.92 Å². The molecule has 0 saturated heterocycles. The van der Waals surface area contributed by atoms with Crippen molar-refractivity contribution in [2.45, 2.75) is 71.1 Å². The van der Waals surface area contributed by atoms with Gasteiger partial charge in [-0.25, -0.2) is 0 Å². The molecule has 0 amide bonds. The zero-order valence-corrected chi connectivity index (χ0v) is 11.4. The van der Waals surface area contributed by atoms with E-state index in [-0.39, 0.29) is 6.04 Å². The van der Waals surface area contributed by atoms with Crippen LogP contribution in [-0.2, 0) is 4.74 Å². The van der Waals surface area contributed by atoms with Crippen molar-refractivity contribution in [2.75, 3.05) is 6.61 Å². The molecule has 3 atom stereocenters. The minimum absolute atomic E-state index is 0.172. The molecular weight excluding hydrogens is 212 g/mol. The summed E-state index contributed by atoms with van der Waals surface area (Å²) >= 11 is 0. The summed E-state index contributed by atoms with van der Waals surface area (Å²) in [4.78, 5) is 0. The van der Waals surface area contributed by atoms with Gasteiger partial charge in [0.2, 0.25) is 0 Å². The summed E-state index contributed by atoms with van der Waals surface area (Å²) in [6.07, 6.45) is 6.63. The summed E-state index contributed by atoms with van der Waals surface area (Å²) < 4.78 is 5.96. The Labute approximate surface area is 106 Å². The molecule has 0 spiro atoms. The highest BCUT2D eigenvalue weighted by Gasteiger charge is 2.25. The van der Waals surface area contributed by atoms with Crippen LogP contribution in [0.15, 0.2) is 0 Å². The average Bonchev–Trinajstić information content (AvgIpc) is 2.34. The highest BCUT2D eigenvalue weighted by molar-refractivity contribution is 4.91. The van der Waals surface area contributed by atoms with Crippen LogP contribution in [-0.4, -0.2) is 24.8 Å². The Bertz CT molecular complexity index is 247. The lowest BCUT2D eigenvalue weighted by Gasteiger charge is -2.31. The number of hydrogen-bond donors (Lipinski definition) is 1. The minimum atomic E-state index is -0.172. The Hall–Kier alpha value is -0.590. The number of hydrogen-bond acceptors (Lipinski definition) is 3. The van der Waals surface area contributed by atoms with Gasteiger partial charge in [0.1, 0.15) is 6.04 Å². The molecule has 1 saturated carbocycles. The third-order valence-electron chi connectivity index (χ3n) is 3.53. The SMILES string of the molecule is CCC1CCCCC1OCC(C#N)NC(C)C. The molecule has 0 aromatic carbocycles. The van der Waals surface area contributed by atoms with Crippen LogP contribution in [0.1, 0.15) is 52.9 Å². The summed E-state index contributed by atoms with van der Waals surface area (Å²) in [6, 6.07) is 2.43. The summed E-state index contributed by atoms with van der Waals surface area (Å²) in [5.41, 5.74) is 0. The second kappa shape index (κ2) is 7.68. The van der Waals surface area contributed by atoms with Crippen LogP contribution >= 0.6 is 0 Å². The molecule has 1 N–H and O–H groups in total. The first-order valence-corrected chi connectivity index (χ1v) is 6.94. The van der Waals surface area contributed by atoms with Crippen molar-refractivity contribution in [3.63, 3.8) is 0 Å². The maximum absolute atomic E-state index is 9.03. The zero-order chi connectivity index (χ0) is 12.7.